The van der Waals surface area contributed by atoms with Gasteiger partial charge >= 0.3 is 6.03 Å². The number of aryl methyl sites for hydroxylation is 1. The molecule has 214 valence electrons. The summed E-state index contributed by atoms with van der Waals surface area (Å²) in [7, 11) is 1.70. The Labute approximate surface area is 233 Å². The Kier molecular flexibility index (Phi) is 10.0. The van der Waals surface area contributed by atoms with Crippen molar-refractivity contribution in [2.45, 2.75) is 52.0 Å². The Hall–Kier alpha value is -4.03. The van der Waals surface area contributed by atoms with Crippen molar-refractivity contribution < 1.29 is 24.2 Å². The van der Waals surface area contributed by atoms with Crippen molar-refractivity contribution in [2.24, 2.45) is 5.92 Å². The van der Waals surface area contributed by atoms with Crippen LogP contribution in [0, 0.1) is 5.92 Å². The number of hydrogen-bond donors (Lipinski definition) is 2. The van der Waals surface area contributed by atoms with Gasteiger partial charge in [0.1, 0.15) is 5.75 Å². The molecule has 0 bridgehead atoms. The average molecular weight is 552 g/mol. The third kappa shape index (κ3) is 7.76. The number of likely N-dealkylation sites (N-methyl/N-ethyl adjacent to an activating group) is 1. The first kappa shape index (κ1) is 29.0. The van der Waals surface area contributed by atoms with Crippen LogP contribution in [0.3, 0.4) is 0 Å². The summed E-state index contributed by atoms with van der Waals surface area (Å²) < 4.78 is 13.8. The van der Waals surface area contributed by atoms with E-state index in [1.54, 1.807) is 70.3 Å². The van der Waals surface area contributed by atoms with Crippen LogP contribution in [0.25, 0.3) is 0 Å². The number of nitrogens with zero attached hydrogens (tertiary/aromatic N) is 6. The average Bonchev–Trinajstić information content (AvgIpc) is 3.40. The quantitative estimate of drug-likeness (QED) is 0.457. The number of urea groups is 1. The first-order valence-electron chi connectivity index (χ1n) is 13.4. The van der Waals surface area contributed by atoms with Gasteiger partial charge in [0.15, 0.2) is 0 Å². The summed E-state index contributed by atoms with van der Waals surface area (Å²) >= 11 is 0. The molecule has 1 aromatic carbocycles. The first-order chi connectivity index (χ1) is 19.3. The molecular weight excluding hydrogens is 514 g/mol. The number of rotatable bonds is 7. The van der Waals surface area contributed by atoms with Crippen LogP contribution < -0.4 is 10.1 Å². The Morgan fingerprint density at radius 1 is 1.30 bits per heavy atom. The highest BCUT2D eigenvalue weighted by molar-refractivity contribution is 5.89. The van der Waals surface area contributed by atoms with Gasteiger partial charge < -0.3 is 29.7 Å². The lowest BCUT2D eigenvalue weighted by atomic mass is 10.0. The number of pyridine rings is 1. The van der Waals surface area contributed by atoms with Gasteiger partial charge in [0.05, 0.1) is 37.3 Å². The zero-order valence-electron chi connectivity index (χ0n) is 23.1. The number of aliphatic hydroxyl groups excluding tert-OH is 1. The van der Waals surface area contributed by atoms with Crippen molar-refractivity contribution >= 4 is 17.6 Å². The molecule has 0 fully saturated rings. The molecule has 0 saturated heterocycles. The fourth-order valence-corrected chi connectivity index (χ4v) is 4.48. The molecule has 1 aliphatic heterocycles. The summed E-state index contributed by atoms with van der Waals surface area (Å²) in [4.78, 5) is 33.6. The lowest BCUT2D eigenvalue weighted by Crippen LogP contribution is -2.48. The van der Waals surface area contributed by atoms with Crippen molar-refractivity contribution in [3.63, 3.8) is 0 Å². The van der Waals surface area contributed by atoms with Crippen LogP contribution in [0.2, 0.25) is 0 Å². The van der Waals surface area contributed by atoms with E-state index in [1.165, 1.54) is 0 Å². The smallest absolute Gasteiger partial charge is 0.321 e. The van der Waals surface area contributed by atoms with E-state index in [2.05, 4.69) is 20.6 Å². The molecule has 3 amide bonds. The molecule has 0 saturated carbocycles. The van der Waals surface area contributed by atoms with Gasteiger partial charge in [-0.1, -0.05) is 24.3 Å². The summed E-state index contributed by atoms with van der Waals surface area (Å²) in [5.74, 6) is 0.833. The van der Waals surface area contributed by atoms with E-state index in [0.29, 0.717) is 43.2 Å². The topological polar surface area (TPSA) is 135 Å². The second-order valence-corrected chi connectivity index (χ2v) is 10.1. The Bertz CT molecular complexity index is 1250. The number of nitrogens with one attached hydrogen (secondary N) is 1. The van der Waals surface area contributed by atoms with E-state index < -0.39 is 6.10 Å². The Balaban J connectivity index is 1.45. The predicted octanol–water partition coefficient (Wildman–Crippen LogP) is 3.15. The van der Waals surface area contributed by atoms with Crippen LogP contribution in [0.4, 0.5) is 10.5 Å². The number of carbonyl (C=O) groups excluding carboxylic acids is 2. The van der Waals surface area contributed by atoms with Crippen LogP contribution >= 0.6 is 0 Å². The molecule has 2 aromatic heterocycles. The van der Waals surface area contributed by atoms with Crippen LogP contribution in [-0.2, 0) is 22.7 Å². The monoisotopic (exact) mass is 551 g/mol. The fraction of sp³-hybridized carbons (Fsp3) is 0.464. The van der Waals surface area contributed by atoms with E-state index in [0.717, 1.165) is 5.69 Å². The number of fused-ring (bicyclic) bond motifs is 1. The molecule has 12 nitrogen and oxygen atoms in total. The fourth-order valence-electron chi connectivity index (χ4n) is 4.48. The van der Waals surface area contributed by atoms with Crippen LogP contribution in [-0.4, -0.2) is 85.7 Å². The maximum absolute atomic E-state index is 13.2. The third-order valence-electron chi connectivity index (χ3n) is 6.89. The molecule has 1 aliphatic rings. The highest BCUT2D eigenvalue weighted by atomic mass is 16.5. The Morgan fingerprint density at radius 3 is 2.92 bits per heavy atom. The highest BCUT2D eigenvalue weighted by Gasteiger charge is 2.29. The van der Waals surface area contributed by atoms with Gasteiger partial charge in [-0.25, -0.2) is 14.5 Å². The summed E-state index contributed by atoms with van der Waals surface area (Å²) in [5, 5.41) is 20.8. The number of aromatic nitrogens is 4. The van der Waals surface area contributed by atoms with E-state index in [-0.39, 0.29) is 43.7 Å². The summed E-state index contributed by atoms with van der Waals surface area (Å²) in [5.41, 5.74) is 1.38. The number of benzene rings is 1. The third-order valence-corrected chi connectivity index (χ3v) is 6.89. The van der Waals surface area contributed by atoms with Gasteiger partial charge in [0.2, 0.25) is 11.8 Å². The lowest BCUT2D eigenvalue weighted by Gasteiger charge is -2.35. The molecule has 0 radical (unpaired) electrons. The first-order valence-corrected chi connectivity index (χ1v) is 13.4. The van der Waals surface area contributed by atoms with Gasteiger partial charge in [0.25, 0.3) is 0 Å². The maximum atomic E-state index is 13.2. The minimum absolute atomic E-state index is 0.0340. The molecule has 4 rings (SSSR count). The molecule has 3 heterocycles. The van der Waals surface area contributed by atoms with Gasteiger partial charge in [-0.3, -0.25) is 4.79 Å². The second-order valence-electron chi connectivity index (χ2n) is 10.1. The summed E-state index contributed by atoms with van der Waals surface area (Å²) in [6.07, 6.45) is 3.85. The standard InChI is InChI=1S/C28H37N7O5/c1-20-16-34(21(2)18-36)27(37)11-7-13-35-23(15-30-32-35)19-39-25(20)17-33(3)28(38)31-22-8-6-9-24(14-22)40-26-10-4-5-12-29-26/h4-6,8-10,12,14-15,20-21,25,36H,7,11,13,16-19H2,1-3H3,(H,31,38)/t20-,21+,25+/m1/s1. The highest BCUT2D eigenvalue weighted by Crippen LogP contribution is 2.23. The van der Waals surface area contributed by atoms with Gasteiger partial charge in [0, 0.05) is 63.0 Å². The maximum Gasteiger partial charge on any atom is 0.321 e. The van der Waals surface area contributed by atoms with Gasteiger partial charge in [-0.15, -0.1) is 5.10 Å². The molecule has 0 unspecified atom stereocenters. The molecule has 40 heavy (non-hydrogen) atoms. The summed E-state index contributed by atoms with van der Waals surface area (Å²) in [6.45, 7) is 5.15. The number of amides is 3. The van der Waals surface area contributed by atoms with E-state index >= 15 is 0 Å². The minimum Gasteiger partial charge on any atom is -0.439 e. The molecular formula is C28H37N7O5. The second kappa shape index (κ2) is 13.9. The van der Waals surface area contributed by atoms with Crippen LogP contribution in [0.15, 0.2) is 54.9 Å². The van der Waals surface area contributed by atoms with Crippen molar-refractivity contribution in [1.29, 1.82) is 0 Å². The zero-order chi connectivity index (χ0) is 28.5. The number of hydrogen-bond acceptors (Lipinski definition) is 8. The molecule has 2 N–H and O–H groups in total. The van der Waals surface area contributed by atoms with Crippen molar-refractivity contribution in [3.8, 4) is 11.6 Å². The number of anilines is 1. The predicted molar refractivity (Wildman–Crippen MR) is 148 cm³/mol. The molecule has 3 atom stereocenters. The Morgan fingerprint density at radius 2 is 2.15 bits per heavy atom. The summed E-state index contributed by atoms with van der Waals surface area (Å²) in [6, 6.07) is 11.8. The van der Waals surface area contributed by atoms with Crippen molar-refractivity contribution in [2.75, 3.05) is 32.1 Å². The molecule has 12 heteroatoms. The minimum atomic E-state index is -0.404. The number of aliphatic hydroxyl groups is 1. The van der Waals surface area contributed by atoms with Gasteiger partial charge in [-0.2, -0.15) is 0 Å². The normalized spacial score (nSPS) is 19.1. The van der Waals surface area contributed by atoms with Crippen molar-refractivity contribution in [1.82, 2.24) is 29.8 Å². The van der Waals surface area contributed by atoms with E-state index in [4.69, 9.17) is 9.47 Å². The zero-order valence-corrected chi connectivity index (χ0v) is 23.1. The molecule has 0 spiro atoms. The number of carbonyl (C=O) groups is 2. The van der Waals surface area contributed by atoms with E-state index in [9.17, 15) is 14.7 Å². The van der Waals surface area contributed by atoms with Crippen LogP contribution in [0.1, 0.15) is 32.4 Å². The number of ether oxygens (including phenoxy) is 2. The van der Waals surface area contributed by atoms with E-state index in [1.807, 2.05) is 19.9 Å². The largest absolute Gasteiger partial charge is 0.439 e. The van der Waals surface area contributed by atoms with Crippen molar-refractivity contribution in [3.05, 3.63) is 60.6 Å². The lowest BCUT2D eigenvalue weighted by molar-refractivity contribution is -0.136. The molecule has 0 aliphatic carbocycles. The van der Waals surface area contributed by atoms with Crippen LogP contribution in [0.5, 0.6) is 11.6 Å². The molecule has 3 aromatic rings. The van der Waals surface area contributed by atoms with Gasteiger partial charge in [-0.05, 0) is 31.5 Å². The SMILES string of the molecule is C[C@@H]1CN([C@@H](C)CO)C(=O)CCCn2nncc2CO[C@H]1CN(C)C(=O)Nc1cccc(Oc2ccccn2)c1.